The van der Waals surface area contributed by atoms with E-state index in [1.165, 1.54) is 43.9 Å². The van der Waals surface area contributed by atoms with Crippen molar-refractivity contribution in [1.29, 1.82) is 0 Å². The Morgan fingerprint density at radius 2 is 1.53 bits per heavy atom. The van der Waals surface area contributed by atoms with Crippen molar-refractivity contribution in [3.63, 3.8) is 0 Å². The quantitative estimate of drug-likeness (QED) is 0.206. The van der Waals surface area contributed by atoms with E-state index in [0.29, 0.717) is 11.5 Å². The van der Waals surface area contributed by atoms with Crippen molar-refractivity contribution in [2.45, 2.75) is 44.9 Å². The molecule has 0 atom stereocenters. The highest BCUT2D eigenvalue weighted by molar-refractivity contribution is 5.84. The monoisotopic (exact) mass is 468 g/mol. The summed E-state index contributed by atoms with van der Waals surface area (Å²) in [6, 6.07) is 10.4. The SMILES string of the molecule is COCCC1CCC(CCc2ccc(C#Cc3ccc4c(F)c(F)c(F)cc4c3)c(F)c2)CC1. The number of methoxy groups -OCH3 is 1. The second-order valence-electron chi connectivity index (χ2n) is 9.19. The van der Waals surface area contributed by atoms with E-state index >= 15 is 0 Å². The van der Waals surface area contributed by atoms with E-state index in [1.807, 2.05) is 6.07 Å². The maximum Gasteiger partial charge on any atom is 0.195 e. The Bertz CT molecular complexity index is 1220. The van der Waals surface area contributed by atoms with Gasteiger partial charge in [0.25, 0.3) is 0 Å². The highest BCUT2D eigenvalue weighted by atomic mass is 19.2. The van der Waals surface area contributed by atoms with Crippen LogP contribution in [0.3, 0.4) is 0 Å². The molecule has 0 aromatic heterocycles. The molecule has 5 heteroatoms. The molecule has 1 aliphatic rings. The van der Waals surface area contributed by atoms with Crippen molar-refractivity contribution in [3.05, 3.63) is 82.4 Å². The zero-order chi connectivity index (χ0) is 24.1. The largest absolute Gasteiger partial charge is 0.385 e. The van der Waals surface area contributed by atoms with Crippen LogP contribution in [0.1, 0.15) is 55.2 Å². The lowest BCUT2D eigenvalue weighted by Gasteiger charge is -2.28. The van der Waals surface area contributed by atoms with Crippen LogP contribution in [0.15, 0.2) is 42.5 Å². The summed E-state index contributed by atoms with van der Waals surface area (Å²) in [5.41, 5.74) is 1.68. The van der Waals surface area contributed by atoms with Gasteiger partial charge < -0.3 is 4.74 Å². The molecule has 1 nitrogen and oxygen atoms in total. The first-order chi connectivity index (χ1) is 16.4. The average Bonchev–Trinajstić information content (AvgIpc) is 2.84. The Balaban J connectivity index is 1.38. The summed E-state index contributed by atoms with van der Waals surface area (Å²) in [4.78, 5) is 0. The molecule has 3 aromatic carbocycles. The van der Waals surface area contributed by atoms with Gasteiger partial charge in [0, 0.05) is 24.7 Å². The fourth-order valence-corrected chi connectivity index (χ4v) is 4.80. The van der Waals surface area contributed by atoms with Gasteiger partial charge in [-0.1, -0.05) is 49.7 Å². The first kappa shape index (κ1) is 24.3. The first-order valence-corrected chi connectivity index (χ1v) is 11.8. The van der Waals surface area contributed by atoms with Crippen LogP contribution < -0.4 is 0 Å². The summed E-state index contributed by atoms with van der Waals surface area (Å²) in [6.45, 7) is 0.835. The maximum absolute atomic E-state index is 14.6. The van der Waals surface area contributed by atoms with E-state index < -0.39 is 17.5 Å². The molecule has 0 saturated heterocycles. The normalized spacial score (nSPS) is 18.0. The van der Waals surface area contributed by atoms with Crippen molar-refractivity contribution in [2.24, 2.45) is 11.8 Å². The van der Waals surface area contributed by atoms with Gasteiger partial charge in [0.15, 0.2) is 17.5 Å². The number of ether oxygens (including phenoxy) is 1. The molecule has 0 heterocycles. The van der Waals surface area contributed by atoms with Crippen molar-refractivity contribution in [3.8, 4) is 11.8 Å². The predicted molar refractivity (Wildman–Crippen MR) is 126 cm³/mol. The molecule has 0 unspecified atom stereocenters. The second kappa shape index (κ2) is 11.1. The molecule has 0 bridgehead atoms. The molecule has 0 aliphatic heterocycles. The lowest BCUT2D eigenvalue weighted by Crippen LogP contribution is -2.16. The summed E-state index contributed by atoms with van der Waals surface area (Å²) in [6.07, 6.45) is 8.00. The number of hydrogen-bond acceptors (Lipinski definition) is 1. The Morgan fingerprint density at radius 3 is 2.24 bits per heavy atom. The van der Waals surface area contributed by atoms with Gasteiger partial charge in [0.2, 0.25) is 0 Å². The third-order valence-corrected chi connectivity index (χ3v) is 6.89. The number of hydrogen-bond donors (Lipinski definition) is 0. The number of rotatable bonds is 6. The maximum atomic E-state index is 14.6. The fraction of sp³-hybridized carbons (Fsp3) is 0.379. The zero-order valence-electron chi connectivity index (χ0n) is 19.3. The number of benzene rings is 3. The van der Waals surface area contributed by atoms with Crippen molar-refractivity contribution in [1.82, 2.24) is 0 Å². The smallest absolute Gasteiger partial charge is 0.195 e. The van der Waals surface area contributed by atoms with Crippen LogP contribution >= 0.6 is 0 Å². The molecule has 0 N–H and O–H groups in total. The van der Waals surface area contributed by atoms with Crippen molar-refractivity contribution >= 4 is 10.8 Å². The molecule has 1 aliphatic carbocycles. The predicted octanol–water partition coefficient (Wildman–Crippen LogP) is 7.57. The standard InChI is InChI=1S/C29H28F4O/c1-34-15-14-20-4-2-19(3-5-20)6-7-22-9-12-23(26(30)17-22)11-8-21-10-13-25-24(16-21)18-27(31)29(33)28(25)32/h9-10,12-13,16-20H,2-7,14-15H2,1H3. The highest BCUT2D eigenvalue weighted by Crippen LogP contribution is 2.33. The van der Waals surface area contributed by atoms with E-state index in [1.54, 1.807) is 19.2 Å². The Kier molecular flexibility index (Phi) is 7.90. The van der Waals surface area contributed by atoms with Crippen LogP contribution in [-0.2, 0) is 11.2 Å². The van der Waals surface area contributed by atoms with Crippen molar-refractivity contribution < 1.29 is 22.3 Å². The molecule has 178 valence electrons. The van der Waals surface area contributed by atoms with E-state index in [4.69, 9.17) is 4.74 Å². The van der Waals surface area contributed by atoms with E-state index in [-0.39, 0.29) is 22.2 Å². The molecule has 4 rings (SSSR count). The molecule has 0 amide bonds. The topological polar surface area (TPSA) is 9.23 Å². The summed E-state index contributed by atoms with van der Waals surface area (Å²) in [5.74, 6) is 2.73. The van der Waals surface area contributed by atoms with E-state index in [2.05, 4.69) is 11.8 Å². The Labute approximate surface area is 198 Å². The molecule has 34 heavy (non-hydrogen) atoms. The van der Waals surface area contributed by atoms with Gasteiger partial charge in [-0.15, -0.1) is 0 Å². The van der Waals surface area contributed by atoms with Crippen LogP contribution in [0.2, 0.25) is 0 Å². The first-order valence-electron chi connectivity index (χ1n) is 11.8. The van der Waals surface area contributed by atoms with Crippen LogP contribution in [0.4, 0.5) is 17.6 Å². The molecule has 1 saturated carbocycles. The van der Waals surface area contributed by atoms with Crippen LogP contribution in [-0.4, -0.2) is 13.7 Å². The molecule has 0 spiro atoms. The minimum Gasteiger partial charge on any atom is -0.385 e. The van der Waals surface area contributed by atoms with Gasteiger partial charge in [-0.25, -0.2) is 17.6 Å². The van der Waals surface area contributed by atoms with Gasteiger partial charge in [-0.05, 0) is 72.4 Å². The fourth-order valence-electron chi connectivity index (χ4n) is 4.80. The van der Waals surface area contributed by atoms with Gasteiger partial charge in [-0.2, -0.15) is 0 Å². The zero-order valence-corrected chi connectivity index (χ0v) is 19.3. The lowest BCUT2D eigenvalue weighted by atomic mass is 9.78. The number of aryl methyl sites for hydroxylation is 1. The number of fused-ring (bicyclic) bond motifs is 1. The molecule has 3 aromatic rings. The Morgan fingerprint density at radius 1 is 0.794 bits per heavy atom. The molecule has 0 radical (unpaired) electrons. The van der Waals surface area contributed by atoms with Gasteiger partial charge in [-0.3, -0.25) is 0 Å². The average molecular weight is 469 g/mol. The number of halogens is 4. The second-order valence-corrected chi connectivity index (χ2v) is 9.19. The van der Waals surface area contributed by atoms with Gasteiger partial charge in [0.05, 0.1) is 5.56 Å². The third kappa shape index (κ3) is 5.80. The van der Waals surface area contributed by atoms with Crippen LogP contribution in [0, 0.1) is 46.9 Å². The Hall–Kier alpha value is -2.84. The molecular weight excluding hydrogens is 440 g/mol. The van der Waals surface area contributed by atoms with E-state index in [9.17, 15) is 17.6 Å². The third-order valence-electron chi connectivity index (χ3n) is 6.89. The minimum absolute atomic E-state index is 0.0246. The highest BCUT2D eigenvalue weighted by Gasteiger charge is 2.21. The van der Waals surface area contributed by atoms with Gasteiger partial charge in [0.1, 0.15) is 5.82 Å². The summed E-state index contributed by atoms with van der Waals surface area (Å²) < 4.78 is 60.6. The molecular formula is C29H28F4O. The summed E-state index contributed by atoms with van der Waals surface area (Å²) in [5, 5.41) is 0.176. The van der Waals surface area contributed by atoms with Gasteiger partial charge >= 0.3 is 0 Å². The minimum atomic E-state index is -1.50. The lowest BCUT2D eigenvalue weighted by molar-refractivity contribution is 0.155. The van der Waals surface area contributed by atoms with E-state index in [0.717, 1.165) is 43.4 Å². The molecule has 1 fully saturated rings. The van der Waals surface area contributed by atoms with Crippen LogP contribution in [0.5, 0.6) is 0 Å². The summed E-state index contributed by atoms with van der Waals surface area (Å²) in [7, 11) is 1.75. The summed E-state index contributed by atoms with van der Waals surface area (Å²) >= 11 is 0. The van der Waals surface area contributed by atoms with Crippen molar-refractivity contribution in [2.75, 3.05) is 13.7 Å². The van der Waals surface area contributed by atoms with Crippen LogP contribution in [0.25, 0.3) is 10.8 Å².